The van der Waals surface area contributed by atoms with Crippen LogP contribution in [0.3, 0.4) is 0 Å². The van der Waals surface area contributed by atoms with E-state index in [4.69, 9.17) is 0 Å². The highest BCUT2D eigenvalue weighted by Crippen LogP contribution is 2.25. The van der Waals surface area contributed by atoms with Crippen LogP contribution in [0.4, 0.5) is 36.2 Å². The Labute approximate surface area is 183 Å². The van der Waals surface area contributed by atoms with Gasteiger partial charge < -0.3 is 15.0 Å². The van der Waals surface area contributed by atoms with Gasteiger partial charge in [0.25, 0.3) is 10.0 Å². The number of rotatable bonds is 7. The van der Waals surface area contributed by atoms with E-state index in [1.54, 1.807) is 37.3 Å². The molecule has 2 aromatic carbocycles. The van der Waals surface area contributed by atoms with Crippen LogP contribution in [-0.4, -0.2) is 38.8 Å². The summed E-state index contributed by atoms with van der Waals surface area (Å²) >= 11 is 0. The molecule has 12 heteroatoms. The molecule has 0 aliphatic carbocycles. The van der Waals surface area contributed by atoms with Gasteiger partial charge in [0.1, 0.15) is 23.2 Å². The number of anilines is 4. The molecular weight excluding hydrogens is 447 g/mol. The van der Waals surface area contributed by atoms with E-state index in [0.717, 1.165) is 30.1 Å². The van der Waals surface area contributed by atoms with Gasteiger partial charge >= 0.3 is 6.36 Å². The van der Waals surface area contributed by atoms with Crippen molar-refractivity contribution in [2.45, 2.75) is 18.2 Å². The van der Waals surface area contributed by atoms with E-state index in [1.165, 1.54) is 0 Å². The summed E-state index contributed by atoms with van der Waals surface area (Å²) in [7, 11) is -0.271. The largest absolute Gasteiger partial charge is 0.573 e. The highest BCUT2D eigenvalue weighted by molar-refractivity contribution is 7.92. The third-order valence-corrected chi connectivity index (χ3v) is 5.46. The van der Waals surface area contributed by atoms with Gasteiger partial charge in [0.2, 0.25) is 0 Å². The first-order chi connectivity index (χ1) is 14.9. The number of nitrogens with zero attached hydrogens (tertiary/aromatic N) is 3. The Balaban J connectivity index is 1.70. The van der Waals surface area contributed by atoms with Crippen molar-refractivity contribution in [2.24, 2.45) is 0 Å². The maximum absolute atomic E-state index is 12.5. The van der Waals surface area contributed by atoms with Crippen molar-refractivity contribution in [3.63, 3.8) is 0 Å². The van der Waals surface area contributed by atoms with Crippen molar-refractivity contribution in [3.8, 4) is 5.75 Å². The maximum Gasteiger partial charge on any atom is 0.573 e. The number of alkyl halides is 3. The Morgan fingerprint density at radius 3 is 2.09 bits per heavy atom. The molecule has 0 aliphatic rings. The Hall–Kier alpha value is -3.54. The van der Waals surface area contributed by atoms with E-state index in [2.05, 4.69) is 24.7 Å². The smallest absolute Gasteiger partial charge is 0.406 e. The van der Waals surface area contributed by atoms with E-state index in [0.29, 0.717) is 17.3 Å². The summed E-state index contributed by atoms with van der Waals surface area (Å²) in [6.45, 7) is 1.78. The van der Waals surface area contributed by atoms with E-state index in [1.807, 2.05) is 19.0 Å². The number of nitrogens with one attached hydrogen (secondary N) is 2. The molecule has 0 bridgehead atoms. The lowest BCUT2D eigenvalue weighted by atomic mass is 10.3. The summed E-state index contributed by atoms with van der Waals surface area (Å²) in [6.07, 6.45) is -4.85. The molecule has 0 saturated heterocycles. The molecule has 1 heterocycles. The van der Waals surface area contributed by atoms with Gasteiger partial charge in [-0.2, -0.15) is 0 Å². The molecule has 32 heavy (non-hydrogen) atoms. The predicted molar refractivity (Wildman–Crippen MR) is 115 cm³/mol. The number of halogens is 3. The van der Waals surface area contributed by atoms with Crippen LogP contribution in [-0.2, 0) is 10.0 Å². The van der Waals surface area contributed by atoms with Crippen molar-refractivity contribution >= 4 is 33.0 Å². The number of aryl methyl sites for hydroxylation is 1. The fourth-order valence-corrected chi connectivity index (χ4v) is 3.71. The van der Waals surface area contributed by atoms with Gasteiger partial charge in [0, 0.05) is 31.5 Å². The van der Waals surface area contributed by atoms with Gasteiger partial charge in [-0.05, 0) is 55.5 Å². The average Bonchev–Trinajstić information content (AvgIpc) is 2.68. The summed E-state index contributed by atoms with van der Waals surface area (Å²) in [5.41, 5.74) is 0.948. The van der Waals surface area contributed by atoms with Gasteiger partial charge in [-0.3, -0.25) is 4.72 Å². The second-order valence-corrected chi connectivity index (χ2v) is 8.56. The molecule has 0 aliphatic heterocycles. The van der Waals surface area contributed by atoms with Gasteiger partial charge in [-0.25, -0.2) is 18.4 Å². The minimum Gasteiger partial charge on any atom is -0.406 e. The topological polar surface area (TPSA) is 96.5 Å². The summed E-state index contributed by atoms with van der Waals surface area (Å²) in [5, 5.41) is 3.13. The lowest BCUT2D eigenvalue weighted by Gasteiger charge is -2.14. The number of hydrogen-bond acceptors (Lipinski definition) is 7. The SMILES string of the molecule is Cc1nc(Nc2ccc(NS(=O)(=O)c3ccc(OC(F)(F)F)cc3)cc2)cc(N(C)C)n1. The zero-order chi connectivity index (χ0) is 23.5. The van der Waals surface area contributed by atoms with Crippen molar-refractivity contribution < 1.29 is 26.3 Å². The normalized spacial score (nSPS) is 11.7. The van der Waals surface area contributed by atoms with Crippen LogP contribution in [0.25, 0.3) is 0 Å². The Morgan fingerprint density at radius 1 is 0.938 bits per heavy atom. The number of sulfonamides is 1. The van der Waals surface area contributed by atoms with E-state index >= 15 is 0 Å². The summed E-state index contributed by atoms with van der Waals surface area (Å²) in [4.78, 5) is 10.3. The van der Waals surface area contributed by atoms with E-state index in [9.17, 15) is 21.6 Å². The van der Waals surface area contributed by atoms with Crippen LogP contribution >= 0.6 is 0 Å². The first-order valence-corrected chi connectivity index (χ1v) is 10.7. The van der Waals surface area contributed by atoms with Crippen molar-refractivity contribution in [2.75, 3.05) is 29.0 Å². The molecule has 170 valence electrons. The first kappa shape index (κ1) is 23.1. The highest BCUT2D eigenvalue weighted by Gasteiger charge is 2.31. The zero-order valence-corrected chi connectivity index (χ0v) is 18.1. The number of benzene rings is 2. The summed E-state index contributed by atoms with van der Waals surface area (Å²) in [5.74, 6) is 1.39. The van der Waals surface area contributed by atoms with Crippen molar-refractivity contribution in [3.05, 3.63) is 60.4 Å². The summed E-state index contributed by atoms with van der Waals surface area (Å²) < 4.78 is 67.8. The first-order valence-electron chi connectivity index (χ1n) is 9.20. The molecule has 0 unspecified atom stereocenters. The van der Waals surface area contributed by atoms with Gasteiger partial charge in [-0.1, -0.05) is 0 Å². The Bertz CT molecular complexity index is 1180. The van der Waals surface area contributed by atoms with E-state index < -0.39 is 22.1 Å². The number of ether oxygens (including phenoxy) is 1. The summed E-state index contributed by atoms with van der Waals surface area (Å²) in [6, 6.07) is 12.1. The standard InChI is InChI=1S/C20H20F3N5O3S/c1-13-24-18(12-19(25-13)28(2)3)26-14-4-6-15(7-5-14)27-32(29,30)17-10-8-16(9-11-17)31-20(21,22)23/h4-12,27H,1-3H3,(H,24,25,26). The van der Waals surface area contributed by atoms with Gasteiger partial charge in [-0.15, -0.1) is 13.2 Å². The molecule has 0 saturated carbocycles. The third kappa shape index (κ3) is 6.23. The monoisotopic (exact) mass is 467 g/mol. The van der Waals surface area contributed by atoms with Crippen molar-refractivity contribution in [1.29, 1.82) is 0 Å². The Kier molecular flexibility index (Phi) is 6.44. The quantitative estimate of drug-likeness (QED) is 0.535. The number of aromatic nitrogens is 2. The fourth-order valence-electron chi connectivity index (χ4n) is 2.65. The van der Waals surface area contributed by atoms with Crippen LogP contribution in [0, 0.1) is 6.92 Å². The maximum atomic E-state index is 12.5. The van der Waals surface area contributed by atoms with Crippen LogP contribution in [0.2, 0.25) is 0 Å². The van der Waals surface area contributed by atoms with E-state index in [-0.39, 0.29) is 10.6 Å². The second-order valence-electron chi connectivity index (χ2n) is 6.88. The fraction of sp³-hybridized carbons (Fsp3) is 0.200. The highest BCUT2D eigenvalue weighted by atomic mass is 32.2. The third-order valence-electron chi connectivity index (χ3n) is 4.06. The molecule has 0 amide bonds. The molecule has 0 fully saturated rings. The predicted octanol–water partition coefficient (Wildman–Crippen LogP) is 4.29. The molecule has 2 N–H and O–H groups in total. The zero-order valence-electron chi connectivity index (χ0n) is 17.3. The number of hydrogen-bond donors (Lipinski definition) is 2. The molecule has 3 rings (SSSR count). The molecule has 0 atom stereocenters. The molecule has 0 radical (unpaired) electrons. The molecular formula is C20H20F3N5O3S. The average molecular weight is 467 g/mol. The van der Waals surface area contributed by atoms with Crippen LogP contribution in [0.5, 0.6) is 5.75 Å². The lowest BCUT2D eigenvalue weighted by molar-refractivity contribution is -0.274. The minimum atomic E-state index is -4.85. The molecule has 1 aromatic heterocycles. The van der Waals surface area contributed by atoms with Crippen LogP contribution < -0.4 is 19.7 Å². The van der Waals surface area contributed by atoms with Gasteiger partial charge in [0.15, 0.2) is 0 Å². The second kappa shape index (κ2) is 8.91. The molecule has 8 nitrogen and oxygen atoms in total. The van der Waals surface area contributed by atoms with Crippen molar-refractivity contribution in [1.82, 2.24) is 9.97 Å². The molecule has 3 aromatic rings. The minimum absolute atomic E-state index is 0.207. The molecule has 0 spiro atoms. The Morgan fingerprint density at radius 2 is 1.53 bits per heavy atom. The van der Waals surface area contributed by atoms with Crippen LogP contribution in [0.15, 0.2) is 59.5 Å². The lowest BCUT2D eigenvalue weighted by Crippen LogP contribution is -2.17. The van der Waals surface area contributed by atoms with Crippen LogP contribution in [0.1, 0.15) is 5.82 Å². The van der Waals surface area contributed by atoms with Gasteiger partial charge in [0.05, 0.1) is 4.90 Å².